The average Bonchev–Trinajstić information content (AvgIpc) is 2.76. The van der Waals surface area contributed by atoms with Crippen LogP contribution in [0.4, 0.5) is 13.2 Å². The van der Waals surface area contributed by atoms with Gasteiger partial charge in [-0.1, -0.05) is 12.1 Å². The van der Waals surface area contributed by atoms with Gasteiger partial charge in [0.1, 0.15) is 12.4 Å². The zero-order chi connectivity index (χ0) is 14.9. The number of benzene rings is 1. The Morgan fingerprint density at radius 3 is 2.57 bits per heavy atom. The molecule has 0 saturated carbocycles. The smallest absolute Gasteiger partial charge is 0.318 e. The summed E-state index contributed by atoms with van der Waals surface area (Å²) < 4.78 is 39.8. The van der Waals surface area contributed by atoms with Gasteiger partial charge in [0, 0.05) is 26.2 Å². The van der Waals surface area contributed by atoms with E-state index < -0.39 is 12.7 Å². The lowest BCUT2D eigenvalue weighted by Crippen LogP contribution is -2.43. The van der Waals surface area contributed by atoms with Crippen molar-refractivity contribution in [3.8, 4) is 0 Å². The Morgan fingerprint density at radius 2 is 1.86 bits per heavy atom. The number of nitrogens with one attached hydrogen (secondary N) is 1. The number of aromatic nitrogens is 2. The first kappa shape index (κ1) is 14.3. The van der Waals surface area contributed by atoms with Crippen LogP contribution in [0.5, 0.6) is 0 Å². The van der Waals surface area contributed by atoms with Gasteiger partial charge in [0.25, 0.3) is 0 Å². The van der Waals surface area contributed by atoms with Gasteiger partial charge in [0.2, 0.25) is 0 Å². The molecule has 2 aromatic rings. The van der Waals surface area contributed by atoms with E-state index in [1.54, 1.807) is 24.3 Å². The number of para-hydroxylation sites is 2. The summed E-state index contributed by atoms with van der Waals surface area (Å²) in [6.07, 6.45) is -4.25. The van der Waals surface area contributed by atoms with Crippen molar-refractivity contribution in [2.45, 2.75) is 19.3 Å². The molecule has 1 aliphatic rings. The van der Waals surface area contributed by atoms with E-state index in [0.29, 0.717) is 23.4 Å². The molecule has 4 nitrogen and oxygen atoms in total. The van der Waals surface area contributed by atoms with Gasteiger partial charge in [-0.2, -0.15) is 13.2 Å². The second-order valence-electron chi connectivity index (χ2n) is 5.24. The molecule has 1 aromatic heterocycles. The van der Waals surface area contributed by atoms with Crippen LogP contribution in [0.2, 0.25) is 0 Å². The lowest BCUT2D eigenvalue weighted by molar-refractivity contribution is -0.140. The number of halogens is 3. The Labute approximate surface area is 120 Å². The molecule has 0 spiro atoms. The second-order valence-corrected chi connectivity index (χ2v) is 5.24. The standard InChI is InChI=1S/C14H17F3N4/c15-14(16,17)10-21-12-4-2-1-3-11(12)19-13(21)9-20-7-5-18-6-8-20/h1-4,18H,5-10H2. The van der Waals surface area contributed by atoms with E-state index in [-0.39, 0.29) is 0 Å². The molecular formula is C14H17F3N4. The fourth-order valence-corrected chi connectivity index (χ4v) is 2.67. The number of imidazole rings is 1. The third kappa shape index (κ3) is 3.36. The van der Waals surface area contributed by atoms with Crippen LogP contribution in [-0.4, -0.2) is 46.8 Å². The SMILES string of the molecule is FC(F)(F)Cn1c(CN2CCNCC2)nc2ccccc21. The monoisotopic (exact) mass is 298 g/mol. The molecule has 21 heavy (non-hydrogen) atoms. The first-order chi connectivity index (χ1) is 10.0. The molecule has 0 amide bonds. The molecule has 1 fully saturated rings. The van der Waals surface area contributed by atoms with Gasteiger partial charge in [0.15, 0.2) is 0 Å². The van der Waals surface area contributed by atoms with Crippen molar-refractivity contribution in [2.75, 3.05) is 26.2 Å². The molecule has 2 heterocycles. The number of hydrogen-bond donors (Lipinski definition) is 1. The minimum Gasteiger partial charge on any atom is -0.318 e. The number of rotatable bonds is 3. The Balaban J connectivity index is 1.93. The van der Waals surface area contributed by atoms with Crippen LogP contribution in [0.3, 0.4) is 0 Å². The van der Waals surface area contributed by atoms with Crippen molar-refractivity contribution in [3.05, 3.63) is 30.1 Å². The van der Waals surface area contributed by atoms with Gasteiger partial charge in [-0.05, 0) is 12.1 Å². The number of fused-ring (bicyclic) bond motifs is 1. The van der Waals surface area contributed by atoms with Gasteiger partial charge >= 0.3 is 6.18 Å². The fraction of sp³-hybridized carbons (Fsp3) is 0.500. The summed E-state index contributed by atoms with van der Waals surface area (Å²) >= 11 is 0. The van der Waals surface area contributed by atoms with Crippen LogP contribution in [-0.2, 0) is 13.1 Å². The molecule has 114 valence electrons. The lowest BCUT2D eigenvalue weighted by atomic mass is 10.3. The number of hydrogen-bond acceptors (Lipinski definition) is 3. The predicted octanol–water partition coefficient (Wildman–Crippen LogP) is 2.00. The highest BCUT2D eigenvalue weighted by Gasteiger charge is 2.30. The molecule has 0 aliphatic carbocycles. The molecule has 7 heteroatoms. The normalized spacial score (nSPS) is 17.5. The Hall–Kier alpha value is -1.60. The fourth-order valence-electron chi connectivity index (χ4n) is 2.67. The van der Waals surface area contributed by atoms with Gasteiger partial charge in [-0.3, -0.25) is 4.90 Å². The highest BCUT2D eigenvalue weighted by molar-refractivity contribution is 5.75. The van der Waals surface area contributed by atoms with Crippen LogP contribution in [0.25, 0.3) is 11.0 Å². The van der Waals surface area contributed by atoms with E-state index in [2.05, 4.69) is 15.2 Å². The van der Waals surface area contributed by atoms with E-state index in [4.69, 9.17) is 0 Å². The molecule has 0 atom stereocenters. The Bertz CT molecular complexity index is 614. The maximum atomic E-state index is 12.8. The number of piperazine rings is 1. The molecule has 1 aromatic carbocycles. The molecule has 3 rings (SSSR count). The zero-order valence-electron chi connectivity index (χ0n) is 11.5. The van der Waals surface area contributed by atoms with Crippen LogP contribution in [0.15, 0.2) is 24.3 Å². The molecule has 0 radical (unpaired) electrons. The highest BCUT2D eigenvalue weighted by atomic mass is 19.4. The van der Waals surface area contributed by atoms with Crippen molar-refractivity contribution in [2.24, 2.45) is 0 Å². The predicted molar refractivity (Wildman–Crippen MR) is 73.9 cm³/mol. The third-order valence-corrected chi connectivity index (χ3v) is 3.65. The van der Waals surface area contributed by atoms with Crippen molar-refractivity contribution >= 4 is 11.0 Å². The molecule has 1 saturated heterocycles. The van der Waals surface area contributed by atoms with E-state index in [1.807, 2.05) is 0 Å². The van der Waals surface area contributed by atoms with Crippen molar-refractivity contribution < 1.29 is 13.2 Å². The summed E-state index contributed by atoms with van der Waals surface area (Å²) in [6, 6.07) is 6.98. The molecule has 0 bridgehead atoms. The van der Waals surface area contributed by atoms with Gasteiger partial charge in [-0.25, -0.2) is 4.98 Å². The second kappa shape index (κ2) is 5.65. The topological polar surface area (TPSA) is 33.1 Å². The van der Waals surface area contributed by atoms with Crippen LogP contribution >= 0.6 is 0 Å². The minimum atomic E-state index is -4.25. The first-order valence-corrected chi connectivity index (χ1v) is 6.97. The first-order valence-electron chi connectivity index (χ1n) is 6.97. The average molecular weight is 298 g/mol. The Kier molecular flexibility index (Phi) is 3.86. The minimum absolute atomic E-state index is 0.451. The maximum absolute atomic E-state index is 12.8. The third-order valence-electron chi connectivity index (χ3n) is 3.65. The number of alkyl halides is 3. The van der Waals surface area contributed by atoms with Crippen LogP contribution in [0.1, 0.15) is 5.82 Å². The maximum Gasteiger partial charge on any atom is 0.406 e. The van der Waals surface area contributed by atoms with E-state index in [0.717, 1.165) is 26.2 Å². The van der Waals surface area contributed by atoms with Crippen molar-refractivity contribution in [1.82, 2.24) is 19.8 Å². The summed E-state index contributed by atoms with van der Waals surface area (Å²) in [6.45, 7) is 2.84. The van der Waals surface area contributed by atoms with Gasteiger partial charge in [0.05, 0.1) is 17.6 Å². The Morgan fingerprint density at radius 1 is 1.14 bits per heavy atom. The molecule has 1 N–H and O–H groups in total. The van der Waals surface area contributed by atoms with Crippen molar-refractivity contribution in [1.29, 1.82) is 0 Å². The van der Waals surface area contributed by atoms with Gasteiger partial charge < -0.3 is 9.88 Å². The van der Waals surface area contributed by atoms with Gasteiger partial charge in [-0.15, -0.1) is 0 Å². The largest absolute Gasteiger partial charge is 0.406 e. The number of nitrogens with zero attached hydrogens (tertiary/aromatic N) is 3. The molecule has 1 aliphatic heterocycles. The van der Waals surface area contributed by atoms with Crippen LogP contribution in [0, 0.1) is 0 Å². The summed E-state index contributed by atoms with van der Waals surface area (Å²) in [7, 11) is 0. The van der Waals surface area contributed by atoms with E-state index >= 15 is 0 Å². The quantitative estimate of drug-likeness (QED) is 0.941. The zero-order valence-corrected chi connectivity index (χ0v) is 11.5. The summed E-state index contributed by atoms with van der Waals surface area (Å²) in [5.74, 6) is 0.482. The molecule has 0 unspecified atom stereocenters. The summed E-state index contributed by atoms with van der Waals surface area (Å²) in [5.41, 5.74) is 1.16. The van der Waals surface area contributed by atoms with E-state index in [9.17, 15) is 13.2 Å². The summed E-state index contributed by atoms with van der Waals surface area (Å²) in [4.78, 5) is 6.52. The lowest BCUT2D eigenvalue weighted by Gasteiger charge is -2.27. The molecular weight excluding hydrogens is 281 g/mol. The van der Waals surface area contributed by atoms with Crippen LogP contribution < -0.4 is 5.32 Å². The van der Waals surface area contributed by atoms with Crippen molar-refractivity contribution in [3.63, 3.8) is 0 Å². The van der Waals surface area contributed by atoms with E-state index in [1.165, 1.54) is 4.57 Å². The highest BCUT2D eigenvalue weighted by Crippen LogP contribution is 2.24. The summed E-state index contributed by atoms with van der Waals surface area (Å²) in [5, 5.41) is 3.23.